The monoisotopic (exact) mass is 387 g/mol. The standard InChI is InChI=1S/C11H9BrClF2NO3S/c12-7-2-9(14)10(3-8(7)13)16-4-6(1-11(16)17)5-20(15,18)19/h2-3,6H,1,4-5H2. The maximum atomic E-state index is 13.8. The zero-order chi connectivity index (χ0) is 15.1. The quantitative estimate of drug-likeness (QED) is 0.591. The summed E-state index contributed by atoms with van der Waals surface area (Å²) in [6.45, 7) is -0.0587. The summed E-state index contributed by atoms with van der Waals surface area (Å²) in [6.07, 6.45) is -0.143. The fraction of sp³-hybridized carbons (Fsp3) is 0.364. The summed E-state index contributed by atoms with van der Waals surface area (Å²) < 4.78 is 48.0. The van der Waals surface area contributed by atoms with Gasteiger partial charge < -0.3 is 4.90 Å². The van der Waals surface area contributed by atoms with Crippen molar-refractivity contribution in [2.75, 3.05) is 17.2 Å². The lowest BCUT2D eigenvalue weighted by molar-refractivity contribution is -0.117. The molecule has 1 aliphatic heterocycles. The molecule has 9 heteroatoms. The van der Waals surface area contributed by atoms with E-state index in [0.717, 1.165) is 11.0 Å². The highest BCUT2D eigenvalue weighted by atomic mass is 79.9. The van der Waals surface area contributed by atoms with Crippen molar-refractivity contribution in [3.05, 3.63) is 27.4 Å². The Morgan fingerprint density at radius 3 is 2.70 bits per heavy atom. The lowest BCUT2D eigenvalue weighted by Gasteiger charge is -2.18. The van der Waals surface area contributed by atoms with Gasteiger partial charge in [-0.3, -0.25) is 4.79 Å². The maximum absolute atomic E-state index is 13.8. The summed E-state index contributed by atoms with van der Waals surface area (Å²) in [5, 5.41) is 0.218. The fourth-order valence-corrected chi connectivity index (χ4v) is 3.39. The van der Waals surface area contributed by atoms with E-state index in [9.17, 15) is 21.5 Å². The lowest BCUT2D eigenvalue weighted by Crippen LogP contribution is -2.26. The normalized spacial score (nSPS) is 19.7. The summed E-state index contributed by atoms with van der Waals surface area (Å²) in [5.74, 6) is -2.57. The Morgan fingerprint density at radius 2 is 2.10 bits per heavy atom. The van der Waals surface area contributed by atoms with Crippen molar-refractivity contribution in [2.45, 2.75) is 6.42 Å². The van der Waals surface area contributed by atoms with Gasteiger partial charge >= 0.3 is 10.2 Å². The Hall–Kier alpha value is -0.730. The third kappa shape index (κ3) is 3.48. The van der Waals surface area contributed by atoms with Gasteiger partial charge in [0.1, 0.15) is 5.82 Å². The van der Waals surface area contributed by atoms with Crippen LogP contribution in [0.1, 0.15) is 6.42 Å². The van der Waals surface area contributed by atoms with Gasteiger partial charge in [0.25, 0.3) is 0 Å². The molecule has 0 N–H and O–H groups in total. The average molecular weight is 389 g/mol. The van der Waals surface area contributed by atoms with E-state index in [2.05, 4.69) is 15.9 Å². The van der Waals surface area contributed by atoms with Gasteiger partial charge in [-0.25, -0.2) is 4.39 Å². The number of amides is 1. The minimum atomic E-state index is -4.67. The third-order valence-electron chi connectivity index (χ3n) is 2.92. The number of carbonyl (C=O) groups excluding carboxylic acids is 1. The van der Waals surface area contributed by atoms with Gasteiger partial charge in [-0.2, -0.15) is 8.42 Å². The predicted octanol–water partition coefficient (Wildman–Crippen LogP) is 2.89. The van der Waals surface area contributed by atoms with Gasteiger partial charge in [0.2, 0.25) is 5.91 Å². The molecule has 1 aliphatic rings. The van der Waals surface area contributed by atoms with Crippen LogP contribution in [0.5, 0.6) is 0 Å². The molecule has 1 heterocycles. The Labute approximate surface area is 128 Å². The van der Waals surface area contributed by atoms with E-state index in [1.165, 1.54) is 6.07 Å². The first kappa shape index (κ1) is 15.7. The topological polar surface area (TPSA) is 54.5 Å². The van der Waals surface area contributed by atoms with Crippen LogP contribution in [0.4, 0.5) is 14.0 Å². The van der Waals surface area contributed by atoms with E-state index < -0.39 is 33.6 Å². The molecule has 0 aromatic heterocycles. The number of halogens is 4. The second-order valence-electron chi connectivity index (χ2n) is 4.50. The zero-order valence-electron chi connectivity index (χ0n) is 9.95. The highest BCUT2D eigenvalue weighted by molar-refractivity contribution is 9.10. The Morgan fingerprint density at radius 1 is 1.45 bits per heavy atom. The molecule has 4 nitrogen and oxygen atoms in total. The van der Waals surface area contributed by atoms with Crippen molar-refractivity contribution in [1.29, 1.82) is 0 Å². The SMILES string of the molecule is O=C1CC(CS(=O)(=O)F)CN1c1cc(Cl)c(Br)cc1F. The largest absolute Gasteiger partial charge is 0.309 e. The molecule has 0 spiro atoms. The van der Waals surface area contributed by atoms with Crippen LogP contribution in [0, 0.1) is 11.7 Å². The molecule has 0 saturated carbocycles. The van der Waals surface area contributed by atoms with Crippen LogP contribution < -0.4 is 4.90 Å². The van der Waals surface area contributed by atoms with E-state index >= 15 is 0 Å². The molecular formula is C11H9BrClF2NO3S. The van der Waals surface area contributed by atoms with Crippen LogP contribution in [0.15, 0.2) is 16.6 Å². The highest BCUT2D eigenvalue weighted by Crippen LogP contribution is 2.34. The molecule has 1 amide bonds. The Balaban J connectivity index is 2.26. The van der Waals surface area contributed by atoms with Gasteiger partial charge in [-0.15, -0.1) is 3.89 Å². The van der Waals surface area contributed by atoms with Gasteiger partial charge in [-0.05, 0) is 28.1 Å². The van der Waals surface area contributed by atoms with Crippen molar-refractivity contribution in [2.24, 2.45) is 5.92 Å². The molecule has 0 aliphatic carbocycles. The minimum absolute atomic E-state index is 0.0399. The van der Waals surface area contributed by atoms with Gasteiger partial charge in [0.15, 0.2) is 0 Å². The van der Waals surface area contributed by atoms with Crippen LogP contribution >= 0.6 is 27.5 Å². The van der Waals surface area contributed by atoms with E-state index in [1.807, 2.05) is 0 Å². The van der Waals surface area contributed by atoms with E-state index in [-0.39, 0.29) is 23.7 Å². The summed E-state index contributed by atoms with van der Waals surface area (Å²) in [5.41, 5.74) is -0.0399. The zero-order valence-corrected chi connectivity index (χ0v) is 13.1. The van der Waals surface area contributed by atoms with Crippen molar-refractivity contribution in [1.82, 2.24) is 0 Å². The second-order valence-corrected chi connectivity index (χ2v) is 7.17. The predicted molar refractivity (Wildman–Crippen MR) is 74.5 cm³/mol. The number of nitrogens with zero attached hydrogens (tertiary/aromatic N) is 1. The summed E-state index contributed by atoms with van der Waals surface area (Å²) >= 11 is 8.90. The van der Waals surface area contributed by atoms with E-state index in [4.69, 9.17) is 11.6 Å². The molecule has 0 radical (unpaired) electrons. The highest BCUT2D eigenvalue weighted by Gasteiger charge is 2.35. The first-order valence-electron chi connectivity index (χ1n) is 5.54. The number of rotatable bonds is 3. The maximum Gasteiger partial charge on any atom is 0.302 e. The molecule has 1 fully saturated rings. The molecule has 1 aromatic carbocycles. The van der Waals surface area contributed by atoms with Gasteiger partial charge in [0, 0.05) is 23.4 Å². The summed E-state index contributed by atoms with van der Waals surface area (Å²) in [4.78, 5) is 12.9. The molecule has 2 rings (SSSR count). The van der Waals surface area contributed by atoms with Crippen LogP contribution in [0.2, 0.25) is 5.02 Å². The first-order valence-corrected chi connectivity index (χ1v) is 8.27. The number of hydrogen-bond donors (Lipinski definition) is 0. The van der Waals surface area contributed by atoms with Gasteiger partial charge in [-0.1, -0.05) is 11.6 Å². The molecule has 20 heavy (non-hydrogen) atoms. The molecule has 0 bridgehead atoms. The number of anilines is 1. The van der Waals surface area contributed by atoms with Crippen molar-refractivity contribution in [3.63, 3.8) is 0 Å². The first-order chi connectivity index (χ1) is 9.17. The molecule has 1 saturated heterocycles. The lowest BCUT2D eigenvalue weighted by atomic mass is 10.1. The average Bonchev–Trinajstić information content (AvgIpc) is 2.62. The molecule has 1 unspecified atom stereocenters. The smallest absolute Gasteiger partial charge is 0.302 e. The van der Waals surface area contributed by atoms with Crippen molar-refractivity contribution in [3.8, 4) is 0 Å². The Kier molecular flexibility index (Phi) is 4.36. The van der Waals surface area contributed by atoms with Crippen LogP contribution in [-0.2, 0) is 15.0 Å². The summed E-state index contributed by atoms with van der Waals surface area (Å²) in [7, 11) is -4.67. The van der Waals surface area contributed by atoms with Crippen LogP contribution in [0.25, 0.3) is 0 Å². The minimum Gasteiger partial charge on any atom is -0.309 e. The molecular weight excluding hydrogens is 380 g/mol. The van der Waals surface area contributed by atoms with E-state index in [1.54, 1.807) is 0 Å². The van der Waals surface area contributed by atoms with Crippen molar-refractivity contribution < 1.29 is 21.5 Å². The van der Waals surface area contributed by atoms with Crippen LogP contribution in [-0.4, -0.2) is 26.6 Å². The third-order valence-corrected chi connectivity index (χ3v) is 4.99. The second kappa shape index (κ2) is 5.57. The number of hydrogen-bond acceptors (Lipinski definition) is 3. The van der Waals surface area contributed by atoms with Crippen LogP contribution in [0.3, 0.4) is 0 Å². The number of benzene rings is 1. The molecule has 1 aromatic rings. The summed E-state index contributed by atoms with van der Waals surface area (Å²) in [6, 6.07) is 2.38. The van der Waals surface area contributed by atoms with Crippen molar-refractivity contribution >= 4 is 49.3 Å². The van der Waals surface area contributed by atoms with E-state index in [0.29, 0.717) is 4.47 Å². The molecule has 1 atom stereocenters. The number of carbonyl (C=O) groups is 1. The molecule has 110 valence electrons. The van der Waals surface area contributed by atoms with Gasteiger partial charge in [0.05, 0.1) is 16.5 Å². The Bertz CT molecular complexity index is 668. The fourth-order valence-electron chi connectivity index (χ4n) is 2.13.